The number of amides is 1. The minimum Gasteiger partial charge on any atom is -0.452 e. The van der Waals surface area contributed by atoms with E-state index in [9.17, 15) is 9.59 Å². The summed E-state index contributed by atoms with van der Waals surface area (Å²) in [7, 11) is 0. The van der Waals surface area contributed by atoms with Crippen LogP contribution in [-0.4, -0.2) is 54.2 Å². The Hall–Kier alpha value is -3.03. The molecular formula is C26H26N2O4S. The second-order valence-electron chi connectivity index (χ2n) is 8.47. The van der Waals surface area contributed by atoms with Gasteiger partial charge in [0, 0.05) is 23.4 Å². The molecule has 1 unspecified atom stereocenters. The van der Waals surface area contributed by atoms with Crippen LogP contribution in [0.4, 0.5) is 0 Å². The number of allylic oxidation sites excluding steroid dienone is 1. The Morgan fingerprint density at radius 1 is 1.24 bits per heavy atom. The number of rotatable bonds is 4. The van der Waals surface area contributed by atoms with Crippen LogP contribution in [0.1, 0.15) is 46.3 Å². The highest BCUT2D eigenvalue weighted by atomic mass is 32.1. The first-order valence-electron chi connectivity index (χ1n) is 11.3. The topological polar surface area (TPSA) is 68.7 Å². The van der Waals surface area contributed by atoms with Crippen LogP contribution in [0.25, 0.3) is 22.6 Å². The van der Waals surface area contributed by atoms with E-state index in [0.717, 1.165) is 47.0 Å². The first-order chi connectivity index (χ1) is 16.1. The van der Waals surface area contributed by atoms with Crippen LogP contribution in [0.3, 0.4) is 0 Å². The van der Waals surface area contributed by atoms with E-state index in [0.29, 0.717) is 25.3 Å². The highest BCUT2D eigenvalue weighted by molar-refractivity contribution is 7.10. The van der Waals surface area contributed by atoms with E-state index in [4.69, 9.17) is 14.5 Å². The number of ether oxygens (including phenoxy) is 2. The quantitative estimate of drug-likeness (QED) is 0.531. The standard InChI is InChI=1S/C26H26N2O4S/c1-17-15-28(11-12-31-17)23(29)16-32-26(30)24-20-8-2-3-10-22(20)27-25-18(6-4-9-21(24)25)14-19-7-5-13-33-19/h2-3,5,7-8,10,13-14,17H,4,6,9,11-12,15-16H2,1H3/b18-14+. The van der Waals surface area contributed by atoms with Crippen LogP contribution in [0, 0.1) is 0 Å². The molecule has 1 aliphatic heterocycles. The minimum atomic E-state index is -0.461. The minimum absolute atomic E-state index is 0.0110. The highest BCUT2D eigenvalue weighted by Gasteiger charge is 2.27. The molecule has 5 rings (SSSR count). The van der Waals surface area contributed by atoms with Crippen molar-refractivity contribution in [3.63, 3.8) is 0 Å². The summed E-state index contributed by atoms with van der Waals surface area (Å²) in [6.07, 6.45) is 4.77. The Morgan fingerprint density at radius 2 is 2.12 bits per heavy atom. The SMILES string of the molecule is CC1CN(C(=O)COC(=O)c2c3c(nc4ccccc24)/C(=C/c2cccs2)CCC3)CCO1. The number of carbonyl (C=O) groups excluding carboxylic acids is 2. The third kappa shape index (κ3) is 4.56. The highest BCUT2D eigenvalue weighted by Crippen LogP contribution is 2.36. The van der Waals surface area contributed by atoms with E-state index < -0.39 is 5.97 Å². The lowest BCUT2D eigenvalue weighted by Crippen LogP contribution is -2.46. The van der Waals surface area contributed by atoms with Crippen molar-refractivity contribution < 1.29 is 19.1 Å². The number of thiophene rings is 1. The zero-order valence-corrected chi connectivity index (χ0v) is 19.4. The molecular weight excluding hydrogens is 436 g/mol. The lowest BCUT2D eigenvalue weighted by atomic mass is 9.86. The van der Waals surface area contributed by atoms with Gasteiger partial charge in [-0.3, -0.25) is 4.79 Å². The summed E-state index contributed by atoms with van der Waals surface area (Å²) in [4.78, 5) is 33.8. The van der Waals surface area contributed by atoms with Gasteiger partial charge < -0.3 is 14.4 Å². The Bertz CT molecular complexity index is 1220. The van der Waals surface area contributed by atoms with Crippen LogP contribution in [-0.2, 0) is 20.7 Å². The number of fused-ring (bicyclic) bond motifs is 2. The largest absolute Gasteiger partial charge is 0.452 e. The van der Waals surface area contributed by atoms with Crippen molar-refractivity contribution in [2.24, 2.45) is 0 Å². The molecule has 3 aromatic rings. The molecule has 170 valence electrons. The lowest BCUT2D eigenvalue weighted by molar-refractivity contribution is -0.141. The van der Waals surface area contributed by atoms with Crippen molar-refractivity contribution in [3.8, 4) is 0 Å². The zero-order valence-electron chi connectivity index (χ0n) is 18.6. The summed E-state index contributed by atoms with van der Waals surface area (Å²) in [5.41, 5.74) is 4.22. The fraction of sp³-hybridized carbons (Fsp3) is 0.346. The Balaban J connectivity index is 1.47. The predicted octanol–water partition coefficient (Wildman–Crippen LogP) is 4.58. The molecule has 0 N–H and O–H groups in total. The molecule has 0 bridgehead atoms. The molecule has 0 saturated carbocycles. The average Bonchev–Trinajstić information content (AvgIpc) is 3.34. The molecule has 6 nitrogen and oxygen atoms in total. The van der Waals surface area contributed by atoms with E-state index in [2.05, 4.69) is 17.5 Å². The van der Waals surface area contributed by atoms with Crippen LogP contribution >= 0.6 is 11.3 Å². The Kier molecular flexibility index (Phi) is 6.24. The van der Waals surface area contributed by atoms with Crippen molar-refractivity contribution in [2.45, 2.75) is 32.3 Å². The van der Waals surface area contributed by atoms with Gasteiger partial charge in [-0.25, -0.2) is 9.78 Å². The second kappa shape index (κ2) is 9.45. The summed E-state index contributed by atoms with van der Waals surface area (Å²) in [5.74, 6) is -0.652. The van der Waals surface area contributed by atoms with E-state index >= 15 is 0 Å². The number of hydrogen-bond acceptors (Lipinski definition) is 6. The van der Waals surface area contributed by atoms with Gasteiger partial charge in [0.25, 0.3) is 5.91 Å². The maximum atomic E-state index is 13.3. The molecule has 1 aliphatic carbocycles. The van der Waals surface area contributed by atoms with E-state index in [-0.39, 0.29) is 18.6 Å². The molecule has 3 heterocycles. The summed E-state index contributed by atoms with van der Waals surface area (Å²) < 4.78 is 11.1. The number of para-hydroxylation sites is 1. The molecule has 7 heteroatoms. The number of pyridine rings is 1. The van der Waals surface area contributed by atoms with Gasteiger partial charge in [-0.15, -0.1) is 11.3 Å². The number of carbonyl (C=O) groups is 2. The Morgan fingerprint density at radius 3 is 2.94 bits per heavy atom. The zero-order chi connectivity index (χ0) is 22.8. The summed E-state index contributed by atoms with van der Waals surface area (Å²) in [5, 5.41) is 2.82. The molecule has 0 radical (unpaired) electrons. The normalized spacial score (nSPS) is 19.5. The van der Waals surface area contributed by atoms with Crippen LogP contribution in [0.15, 0.2) is 41.8 Å². The fourth-order valence-corrected chi connectivity index (χ4v) is 5.27. The third-order valence-electron chi connectivity index (χ3n) is 6.15. The first kappa shape index (κ1) is 21.8. The smallest absolute Gasteiger partial charge is 0.339 e. The number of nitrogens with zero attached hydrogens (tertiary/aromatic N) is 2. The molecule has 1 atom stereocenters. The predicted molar refractivity (Wildman–Crippen MR) is 129 cm³/mol. The molecule has 1 fully saturated rings. The van der Waals surface area contributed by atoms with Crippen molar-refractivity contribution >= 4 is 45.8 Å². The number of hydrogen-bond donors (Lipinski definition) is 0. The Labute approximate surface area is 196 Å². The lowest BCUT2D eigenvalue weighted by Gasteiger charge is -2.31. The fourth-order valence-electron chi connectivity index (χ4n) is 4.59. The van der Waals surface area contributed by atoms with Gasteiger partial charge in [0.15, 0.2) is 6.61 Å². The maximum Gasteiger partial charge on any atom is 0.339 e. The third-order valence-corrected chi connectivity index (χ3v) is 6.97. The van der Waals surface area contributed by atoms with Gasteiger partial charge in [-0.1, -0.05) is 24.3 Å². The molecule has 2 aliphatic rings. The number of morpholine rings is 1. The van der Waals surface area contributed by atoms with Gasteiger partial charge in [-0.2, -0.15) is 0 Å². The second-order valence-corrected chi connectivity index (χ2v) is 9.45. The van der Waals surface area contributed by atoms with E-state index in [1.807, 2.05) is 37.3 Å². The van der Waals surface area contributed by atoms with Gasteiger partial charge >= 0.3 is 5.97 Å². The molecule has 33 heavy (non-hydrogen) atoms. The van der Waals surface area contributed by atoms with Crippen LogP contribution in [0.5, 0.6) is 0 Å². The summed E-state index contributed by atoms with van der Waals surface area (Å²) in [6.45, 7) is 3.20. The molecule has 2 aromatic heterocycles. The van der Waals surface area contributed by atoms with Crippen LogP contribution in [0.2, 0.25) is 0 Å². The molecule has 1 aromatic carbocycles. The molecule has 1 amide bonds. The van der Waals surface area contributed by atoms with Gasteiger partial charge in [-0.05, 0) is 60.9 Å². The monoisotopic (exact) mass is 462 g/mol. The van der Waals surface area contributed by atoms with Gasteiger partial charge in [0.1, 0.15) is 0 Å². The number of aromatic nitrogens is 1. The van der Waals surface area contributed by atoms with Crippen molar-refractivity contribution in [3.05, 3.63) is 63.5 Å². The van der Waals surface area contributed by atoms with Crippen molar-refractivity contribution in [1.29, 1.82) is 0 Å². The number of esters is 1. The van der Waals surface area contributed by atoms with Crippen molar-refractivity contribution in [2.75, 3.05) is 26.3 Å². The first-order valence-corrected chi connectivity index (χ1v) is 12.2. The maximum absolute atomic E-state index is 13.3. The molecule has 1 saturated heterocycles. The average molecular weight is 463 g/mol. The van der Waals surface area contributed by atoms with E-state index in [1.54, 1.807) is 16.2 Å². The van der Waals surface area contributed by atoms with Gasteiger partial charge in [0.05, 0.1) is 29.5 Å². The summed E-state index contributed by atoms with van der Waals surface area (Å²) in [6, 6.07) is 11.8. The summed E-state index contributed by atoms with van der Waals surface area (Å²) >= 11 is 1.68. The number of benzene rings is 1. The molecule has 0 spiro atoms. The van der Waals surface area contributed by atoms with Gasteiger partial charge in [0.2, 0.25) is 0 Å². The van der Waals surface area contributed by atoms with Crippen molar-refractivity contribution in [1.82, 2.24) is 9.88 Å². The van der Waals surface area contributed by atoms with Crippen LogP contribution < -0.4 is 0 Å². The van der Waals surface area contributed by atoms with E-state index in [1.165, 1.54) is 4.88 Å².